The van der Waals surface area contributed by atoms with Crippen molar-refractivity contribution in [2.24, 2.45) is 4.99 Å². The largest absolute Gasteiger partial charge is 0.378 e. The Morgan fingerprint density at radius 2 is 2.04 bits per heavy atom. The topological polar surface area (TPSA) is 60.0 Å². The molecule has 6 heteroatoms. The van der Waals surface area contributed by atoms with Gasteiger partial charge in [0, 0.05) is 52.4 Å². The van der Waals surface area contributed by atoms with Crippen LogP contribution in [0.25, 0.3) is 0 Å². The van der Waals surface area contributed by atoms with Crippen LogP contribution < -0.4 is 15.5 Å². The zero-order valence-corrected chi connectivity index (χ0v) is 18.1. The molecule has 28 heavy (non-hydrogen) atoms. The minimum absolute atomic E-state index is 0.315. The maximum Gasteiger partial charge on any atom is 0.222 e. The first-order valence-corrected chi connectivity index (χ1v) is 10.6. The van der Waals surface area contributed by atoms with Crippen LogP contribution in [0.15, 0.2) is 23.2 Å². The van der Waals surface area contributed by atoms with Crippen molar-refractivity contribution >= 4 is 17.6 Å². The van der Waals surface area contributed by atoms with Crippen LogP contribution in [-0.4, -0.2) is 57.0 Å². The number of hydrogen-bond donors (Lipinski definition) is 2. The van der Waals surface area contributed by atoms with Gasteiger partial charge in [0.2, 0.25) is 5.91 Å². The molecule has 1 fully saturated rings. The summed E-state index contributed by atoms with van der Waals surface area (Å²) in [5.74, 6) is 1.15. The Kier molecular flexibility index (Phi) is 9.11. The third-order valence-electron chi connectivity index (χ3n) is 5.16. The number of carbonyl (C=O) groups is 1. The SMILES string of the molecule is CCNC(=NCc1ccc(N(C)C)cc1C)NCCCN1CCCCCC1=O. The molecule has 0 unspecified atom stereocenters. The normalized spacial score (nSPS) is 15.4. The maximum absolute atomic E-state index is 12.1. The van der Waals surface area contributed by atoms with Crippen LogP contribution in [0.2, 0.25) is 0 Å². The monoisotopic (exact) mass is 387 g/mol. The second-order valence-electron chi connectivity index (χ2n) is 7.67. The van der Waals surface area contributed by atoms with Crippen LogP contribution >= 0.6 is 0 Å². The number of likely N-dealkylation sites (tertiary alicyclic amines) is 1. The van der Waals surface area contributed by atoms with E-state index in [0.717, 1.165) is 51.4 Å². The minimum atomic E-state index is 0.315. The van der Waals surface area contributed by atoms with Crippen molar-refractivity contribution < 1.29 is 4.79 Å². The van der Waals surface area contributed by atoms with Crippen LogP contribution in [0.3, 0.4) is 0 Å². The van der Waals surface area contributed by atoms with Crippen molar-refractivity contribution in [3.8, 4) is 0 Å². The lowest BCUT2D eigenvalue weighted by Gasteiger charge is -2.20. The number of benzene rings is 1. The molecule has 1 aliphatic heterocycles. The molecule has 1 saturated heterocycles. The van der Waals surface area contributed by atoms with Crippen LogP contribution in [0.4, 0.5) is 5.69 Å². The van der Waals surface area contributed by atoms with E-state index in [9.17, 15) is 4.79 Å². The quantitative estimate of drug-likeness (QED) is 0.409. The number of nitrogens with one attached hydrogen (secondary N) is 2. The van der Waals surface area contributed by atoms with Gasteiger partial charge in [-0.1, -0.05) is 12.5 Å². The van der Waals surface area contributed by atoms with Crippen LogP contribution in [0, 0.1) is 6.92 Å². The van der Waals surface area contributed by atoms with Crippen molar-refractivity contribution in [2.75, 3.05) is 45.2 Å². The first kappa shape index (κ1) is 22.1. The molecule has 6 nitrogen and oxygen atoms in total. The molecule has 0 spiro atoms. The lowest BCUT2D eigenvalue weighted by Crippen LogP contribution is -2.39. The summed E-state index contributed by atoms with van der Waals surface area (Å²) in [4.78, 5) is 20.9. The van der Waals surface area contributed by atoms with Gasteiger partial charge in [0.15, 0.2) is 5.96 Å². The Hall–Kier alpha value is -2.24. The molecule has 0 radical (unpaired) electrons. The zero-order chi connectivity index (χ0) is 20.4. The van der Waals surface area contributed by atoms with E-state index in [1.54, 1.807) is 0 Å². The maximum atomic E-state index is 12.1. The highest BCUT2D eigenvalue weighted by Gasteiger charge is 2.15. The van der Waals surface area contributed by atoms with Gasteiger partial charge in [-0.2, -0.15) is 0 Å². The minimum Gasteiger partial charge on any atom is -0.378 e. The number of aliphatic imine (C=N–C) groups is 1. The molecule has 1 amide bonds. The highest BCUT2D eigenvalue weighted by molar-refractivity contribution is 5.79. The van der Waals surface area contributed by atoms with Gasteiger partial charge in [-0.3, -0.25) is 4.79 Å². The predicted molar refractivity (Wildman–Crippen MR) is 118 cm³/mol. The number of carbonyl (C=O) groups excluding carboxylic acids is 1. The Balaban J connectivity index is 1.84. The fraction of sp³-hybridized carbons (Fsp3) is 0.636. The summed E-state index contributed by atoms with van der Waals surface area (Å²) in [6.07, 6.45) is 5.00. The molecule has 0 aliphatic carbocycles. The molecule has 2 N–H and O–H groups in total. The van der Waals surface area contributed by atoms with Crippen molar-refractivity contribution in [2.45, 2.75) is 52.5 Å². The van der Waals surface area contributed by atoms with E-state index in [0.29, 0.717) is 18.9 Å². The van der Waals surface area contributed by atoms with Gasteiger partial charge in [0.1, 0.15) is 0 Å². The molecule has 156 valence electrons. The molecule has 2 rings (SSSR count). The van der Waals surface area contributed by atoms with Crippen LogP contribution in [-0.2, 0) is 11.3 Å². The Bertz CT molecular complexity index is 656. The molecule has 0 atom stereocenters. The van der Waals surface area contributed by atoms with Crippen LogP contribution in [0.1, 0.15) is 50.2 Å². The summed E-state index contributed by atoms with van der Waals surface area (Å²) >= 11 is 0. The van der Waals surface area contributed by atoms with E-state index < -0.39 is 0 Å². The molecule has 1 heterocycles. The lowest BCUT2D eigenvalue weighted by molar-refractivity contribution is -0.130. The molecular weight excluding hydrogens is 350 g/mol. The number of guanidine groups is 1. The van der Waals surface area contributed by atoms with E-state index in [-0.39, 0.29) is 0 Å². The standard InChI is InChI=1S/C22H37N5O/c1-5-23-22(24-13-9-15-27-14-8-6-7-10-21(27)28)25-17-19-11-12-20(26(3)4)16-18(19)2/h11-12,16H,5-10,13-15,17H2,1-4H3,(H2,23,24,25). The molecule has 1 aromatic carbocycles. The summed E-state index contributed by atoms with van der Waals surface area (Å²) in [6, 6.07) is 6.49. The second-order valence-corrected chi connectivity index (χ2v) is 7.67. The van der Waals surface area contributed by atoms with Gasteiger partial charge in [-0.25, -0.2) is 4.99 Å². The predicted octanol–water partition coefficient (Wildman–Crippen LogP) is 2.91. The molecular formula is C22H37N5O. The highest BCUT2D eigenvalue weighted by Crippen LogP contribution is 2.18. The average Bonchev–Trinajstić information content (AvgIpc) is 2.88. The summed E-state index contributed by atoms with van der Waals surface area (Å²) in [5, 5.41) is 6.71. The van der Waals surface area contributed by atoms with Gasteiger partial charge in [-0.15, -0.1) is 0 Å². The summed E-state index contributed by atoms with van der Waals surface area (Å²) in [6.45, 7) is 8.24. The number of amides is 1. The Morgan fingerprint density at radius 1 is 1.21 bits per heavy atom. The Labute approximate surface area is 170 Å². The smallest absolute Gasteiger partial charge is 0.222 e. The fourth-order valence-corrected chi connectivity index (χ4v) is 3.39. The summed E-state index contributed by atoms with van der Waals surface area (Å²) in [5.41, 5.74) is 3.70. The van der Waals surface area contributed by atoms with Gasteiger partial charge < -0.3 is 20.4 Å². The van der Waals surface area contributed by atoms with Gasteiger partial charge in [0.05, 0.1) is 6.54 Å². The Morgan fingerprint density at radius 3 is 2.75 bits per heavy atom. The summed E-state index contributed by atoms with van der Waals surface area (Å²) in [7, 11) is 4.11. The van der Waals surface area contributed by atoms with Crippen molar-refractivity contribution in [3.63, 3.8) is 0 Å². The molecule has 0 saturated carbocycles. The van der Waals surface area contributed by atoms with Gasteiger partial charge in [-0.05, 0) is 56.4 Å². The first-order valence-electron chi connectivity index (χ1n) is 10.6. The van der Waals surface area contributed by atoms with Crippen molar-refractivity contribution in [1.82, 2.24) is 15.5 Å². The average molecular weight is 388 g/mol. The third kappa shape index (κ3) is 7.06. The van der Waals surface area contributed by atoms with E-state index >= 15 is 0 Å². The second kappa shape index (κ2) is 11.6. The first-order chi connectivity index (χ1) is 13.5. The van der Waals surface area contributed by atoms with Crippen molar-refractivity contribution in [1.29, 1.82) is 0 Å². The van der Waals surface area contributed by atoms with Crippen molar-refractivity contribution in [3.05, 3.63) is 29.3 Å². The molecule has 0 bridgehead atoms. The number of aryl methyl sites for hydroxylation is 1. The summed E-state index contributed by atoms with van der Waals surface area (Å²) < 4.78 is 0. The zero-order valence-electron chi connectivity index (χ0n) is 18.1. The van der Waals surface area contributed by atoms with Gasteiger partial charge in [0.25, 0.3) is 0 Å². The number of rotatable bonds is 8. The van der Waals surface area contributed by atoms with E-state index in [2.05, 4.69) is 61.7 Å². The van der Waals surface area contributed by atoms with E-state index in [4.69, 9.17) is 4.99 Å². The van der Waals surface area contributed by atoms with Crippen LogP contribution in [0.5, 0.6) is 0 Å². The van der Waals surface area contributed by atoms with E-state index in [1.807, 2.05) is 4.90 Å². The third-order valence-corrected chi connectivity index (χ3v) is 5.16. The van der Waals surface area contributed by atoms with E-state index in [1.165, 1.54) is 23.2 Å². The number of hydrogen-bond acceptors (Lipinski definition) is 3. The van der Waals surface area contributed by atoms with Gasteiger partial charge >= 0.3 is 0 Å². The number of nitrogens with zero attached hydrogens (tertiary/aromatic N) is 3. The molecule has 0 aromatic heterocycles. The fourth-order valence-electron chi connectivity index (χ4n) is 3.39. The number of anilines is 1. The lowest BCUT2D eigenvalue weighted by atomic mass is 10.1. The highest BCUT2D eigenvalue weighted by atomic mass is 16.2. The molecule has 1 aromatic rings. The molecule has 1 aliphatic rings.